The predicted molar refractivity (Wildman–Crippen MR) is 74.3 cm³/mol. The smallest absolute Gasteiger partial charge is 0.339 e. The molecule has 20 heavy (non-hydrogen) atoms. The van der Waals surface area contributed by atoms with Crippen LogP contribution in [0.3, 0.4) is 0 Å². The van der Waals surface area contributed by atoms with Crippen LogP contribution < -0.4 is 11.2 Å². The summed E-state index contributed by atoms with van der Waals surface area (Å²) in [5.41, 5.74) is 1.05. The molecule has 0 saturated carbocycles. The van der Waals surface area contributed by atoms with Gasteiger partial charge in [0.25, 0.3) is 5.56 Å². The van der Waals surface area contributed by atoms with Gasteiger partial charge in [0.05, 0.1) is 11.6 Å². The zero-order valence-electron chi connectivity index (χ0n) is 10.7. The normalized spacial score (nSPS) is 17.1. The maximum Gasteiger partial charge on any atom is 0.339 e. The number of aromatic hydroxyl groups is 1. The third-order valence-corrected chi connectivity index (χ3v) is 3.93. The number of fused-ring (bicyclic) bond motifs is 2. The lowest BCUT2D eigenvalue weighted by Gasteiger charge is -2.11. The average Bonchev–Trinajstić information content (AvgIpc) is 2.72. The summed E-state index contributed by atoms with van der Waals surface area (Å²) in [7, 11) is 0. The lowest BCUT2D eigenvalue weighted by atomic mass is 10.1. The molecule has 1 atom stereocenters. The summed E-state index contributed by atoms with van der Waals surface area (Å²) in [6, 6.07) is 6.60. The molecule has 0 unspecified atom stereocenters. The van der Waals surface area contributed by atoms with Gasteiger partial charge in [-0.15, -0.1) is 0 Å². The molecule has 5 heteroatoms. The van der Waals surface area contributed by atoms with Crippen molar-refractivity contribution in [3.8, 4) is 5.75 Å². The summed E-state index contributed by atoms with van der Waals surface area (Å²) < 4.78 is 6.85. The number of benzene rings is 1. The molecule has 3 aromatic rings. The van der Waals surface area contributed by atoms with Crippen LogP contribution in [0.4, 0.5) is 0 Å². The fourth-order valence-corrected chi connectivity index (χ4v) is 3.15. The van der Waals surface area contributed by atoms with Crippen molar-refractivity contribution in [2.45, 2.75) is 19.4 Å². The topological polar surface area (TPSA) is 72.4 Å². The minimum Gasteiger partial charge on any atom is -0.507 e. The van der Waals surface area contributed by atoms with E-state index >= 15 is 0 Å². The van der Waals surface area contributed by atoms with E-state index in [1.807, 2.05) is 19.1 Å². The molecule has 0 saturated heterocycles. The van der Waals surface area contributed by atoms with Gasteiger partial charge >= 0.3 is 5.63 Å². The molecule has 3 heterocycles. The first kappa shape index (κ1) is 11.3. The van der Waals surface area contributed by atoms with Crippen LogP contribution in [-0.4, -0.2) is 9.67 Å². The first-order valence-electron chi connectivity index (χ1n) is 6.41. The number of hydrogen-bond acceptors (Lipinski definition) is 4. The highest BCUT2D eigenvalue weighted by atomic mass is 16.4. The van der Waals surface area contributed by atoms with Crippen molar-refractivity contribution in [3.05, 3.63) is 50.6 Å². The largest absolute Gasteiger partial charge is 0.507 e. The first-order chi connectivity index (χ1) is 9.58. The molecule has 0 fully saturated rings. The lowest BCUT2D eigenvalue weighted by molar-refractivity contribution is 0.466. The third-order valence-electron chi connectivity index (χ3n) is 3.93. The van der Waals surface area contributed by atoms with Crippen molar-refractivity contribution >= 4 is 21.9 Å². The molecule has 100 valence electrons. The van der Waals surface area contributed by atoms with Crippen LogP contribution in [0.25, 0.3) is 21.9 Å². The summed E-state index contributed by atoms with van der Waals surface area (Å²) in [5.74, 6) is -0.323. The Kier molecular flexibility index (Phi) is 1.98. The van der Waals surface area contributed by atoms with Crippen LogP contribution in [-0.2, 0) is 6.42 Å². The minimum absolute atomic E-state index is 0.0260. The quantitative estimate of drug-likeness (QED) is 0.633. The SMILES string of the molecule is C[C@@H]1Cc2cccc3c4oc(=O)cc(O)c4c(=O)n1c23. The Morgan fingerprint density at radius 3 is 2.95 bits per heavy atom. The second kappa shape index (κ2) is 3.50. The monoisotopic (exact) mass is 269 g/mol. The molecule has 1 N–H and O–H groups in total. The van der Waals surface area contributed by atoms with Crippen molar-refractivity contribution in [1.29, 1.82) is 0 Å². The van der Waals surface area contributed by atoms with Crippen molar-refractivity contribution in [1.82, 2.24) is 4.57 Å². The minimum atomic E-state index is -0.661. The van der Waals surface area contributed by atoms with E-state index in [2.05, 4.69) is 0 Å². The van der Waals surface area contributed by atoms with Crippen LogP contribution in [0, 0.1) is 0 Å². The fourth-order valence-electron chi connectivity index (χ4n) is 3.15. The Morgan fingerprint density at radius 1 is 1.35 bits per heavy atom. The van der Waals surface area contributed by atoms with E-state index in [1.165, 1.54) is 0 Å². The van der Waals surface area contributed by atoms with Gasteiger partial charge in [0.15, 0.2) is 5.58 Å². The Hall–Kier alpha value is -2.56. The van der Waals surface area contributed by atoms with Crippen LogP contribution in [0.15, 0.2) is 38.3 Å². The van der Waals surface area contributed by atoms with Crippen molar-refractivity contribution < 1.29 is 9.52 Å². The second-order valence-corrected chi connectivity index (χ2v) is 5.20. The highest BCUT2D eigenvalue weighted by molar-refractivity contribution is 6.05. The van der Waals surface area contributed by atoms with Gasteiger partial charge in [-0.05, 0) is 25.0 Å². The van der Waals surface area contributed by atoms with Crippen LogP contribution in [0.1, 0.15) is 18.5 Å². The number of nitrogens with zero attached hydrogens (tertiary/aromatic N) is 1. The molecule has 5 nitrogen and oxygen atoms in total. The molecule has 0 radical (unpaired) electrons. The zero-order chi connectivity index (χ0) is 14.0. The maximum absolute atomic E-state index is 12.6. The molecular formula is C15H11NO4. The van der Waals surface area contributed by atoms with Gasteiger partial charge in [-0.25, -0.2) is 4.79 Å². The molecule has 1 aliphatic heterocycles. The summed E-state index contributed by atoms with van der Waals surface area (Å²) in [6.07, 6.45) is 0.758. The molecule has 1 aromatic carbocycles. The summed E-state index contributed by atoms with van der Waals surface area (Å²) in [4.78, 5) is 24.1. The van der Waals surface area contributed by atoms with Crippen LogP contribution in [0.5, 0.6) is 5.75 Å². The number of para-hydroxylation sites is 1. The lowest BCUT2D eigenvalue weighted by Crippen LogP contribution is -2.21. The van der Waals surface area contributed by atoms with E-state index in [4.69, 9.17) is 4.42 Å². The molecule has 0 aliphatic carbocycles. The molecule has 0 amide bonds. The third kappa shape index (κ3) is 1.22. The van der Waals surface area contributed by atoms with E-state index in [1.54, 1.807) is 10.6 Å². The van der Waals surface area contributed by atoms with E-state index < -0.39 is 5.63 Å². The molecule has 0 spiro atoms. The number of aromatic nitrogens is 1. The van der Waals surface area contributed by atoms with E-state index in [9.17, 15) is 14.7 Å². The van der Waals surface area contributed by atoms with Crippen molar-refractivity contribution in [3.63, 3.8) is 0 Å². The highest BCUT2D eigenvalue weighted by Gasteiger charge is 2.26. The molecule has 2 aromatic heterocycles. The number of rotatable bonds is 0. The second-order valence-electron chi connectivity index (χ2n) is 5.20. The first-order valence-corrected chi connectivity index (χ1v) is 6.41. The Bertz CT molecular complexity index is 997. The van der Waals surface area contributed by atoms with Crippen LogP contribution >= 0.6 is 0 Å². The van der Waals surface area contributed by atoms with Gasteiger partial charge in [-0.1, -0.05) is 12.1 Å². The average molecular weight is 269 g/mol. The van der Waals surface area contributed by atoms with E-state index in [0.29, 0.717) is 5.39 Å². The van der Waals surface area contributed by atoms with E-state index in [0.717, 1.165) is 23.6 Å². The van der Waals surface area contributed by atoms with Crippen LogP contribution in [0.2, 0.25) is 0 Å². The Labute approximate surface area is 112 Å². The van der Waals surface area contributed by atoms with Gasteiger partial charge in [0, 0.05) is 11.4 Å². The van der Waals surface area contributed by atoms with Gasteiger partial charge < -0.3 is 14.1 Å². The fraction of sp³-hybridized carbons (Fsp3) is 0.200. The molecule has 1 aliphatic rings. The standard InChI is InChI=1S/C15H11NO4/c1-7-5-8-3-2-4-9-13(8)16(7)15(19)12-10(17)6-11(18)20-14(9)12/h2-4,6-7,17H,5H2,1H3/t7-/m1/s1. The van der Waals surface area contributed by atoms with Crippen molar-refractivity contribution in [2.75, 3.05) is 0 Å². The number of pyridine rings is 1. The van der Waals surface area contributed by atoms with Gasteiger partial charge in [-0.2, -0.15) is 0 Å². The van der Waals surface area contributed by atoms with E-state index in [-0.39, 0.29) is 28.3 Å². The highest BCUT2D eigenvalue weighted by Crippen LogP contribution is 2.35. The zero-order valence-corrected chi connectivity index (χ0v) is 10.7. The Balaban J connectivity index is 2.43. The molecule has 4 rings (SSSR count). The van der Waals surface area contributed by atoms with Crippen molar-refractivity contribution in [2.24, 2.45) is 0 Å². The summed E-state index contributed by atoms with van der Waals surface area (Å²) in [5, 5.41) is 10.7. The van der Waals surface area contributed by atoms with Gasteiger partial charge in [-0.3, -0.25) is 4.79 Å². The van der Waals surface area contributed by atoms with Gasteiger partial charge in [0.2, 0.25) is 0 Å². The summed E-state index contributed by atoms with van der Waals surface area (Å²) in [6.45, 7) is 1.96. The summed E-state index contributed by atoms with van der Waals surface area (Å²) >= 11 is 0. The molecule has 0 bridgehead atoms. The molecular weight excluding hydrogens is 258 g/mol. The Morgan fingerprint density at radius 2 is 2.15 bits per heavy atom. The number of hydrogen-bond donors (Lipinski definition) is 1. The maximum atomic E-state index is 12.6. The predicted octanol–water partition coefficient (Wildman–Crippen LogP) is 1.93. The van der Waals surface area contributed by atoms with Gasteiger partial charge in [0.1, 0.15) is 11.1 Å².